The zero-order valence-electron chi connectivity index (χ0n) is 11.6. The standard InChI is InChI=1S/C14H17N.C3H8/c1-3-8-12(4-2)14(11-15)13-9-6-5-7-10-13;1-3-2/h3-10,14H,1-2,11,15H2;3H2,1-2H3/b12-8+;. The molecule has 0 aliphatic rings. The number of benzene rings is 1. The van der Waals surface area contributed by atoms with E-state index in [9.17, 15) is 0 Å². The van der Waals surface area contributed by atoms with Crippen molar-refractivity contribution in [2.24, 2.45) is 5.73 Å². The molecule has 0 bridgehead atoms. The first-order valence-corrected chi connectivity index (χ1v) is 6.45. The maximum atomic E-state index is 5.79. The number of nitrogens with two attached hydrogens (primary N) is 1. The highest BCUT2D eigenvalue weighted by Crippen LogP contribution is 2.23. The molecule has 1 rings (SSSR count). The minimum atomic E-state index is 0.210. The molecule has 0 radical (unpaired) electrons. The molecule has 1 heteroatoms. The van der Waals surface area contributed by atoms with E-state index in [1.165, 1.54) is 12.0 Å². The minimum Gasteiger partial charge on any atom is -0.330 e. The van der Waals surface area contributed by atoms with Crippen LogP contribution in [-0.2, 0) is 0 Å². The van der Waals surface area contributed by atoms with Crippen molar-refractivity contribution in [3.8, 4) is 0 Å². The molecule has 1 atom stereocenters. The second-order valence-electron chi connectivity index (χ2n) is 4.01. The molecule has 0 fully saturated rings. The highest BCUT2D eigenvalue weighted by molar-refractivity contribution is 5.36. The van der Waals surface area contributed by atoms with Gasteiger partial charge in [0.25, 0.3) is 0 Å². The van der Waals surface area contributed by atoms with Gasteiger partial charge in [0.1, 0.15) is 0 Å². The van der Waals surface area contributed by atoms with Crippen molar-refractivity contribution in [2.45, 2.75) is 26.2 Å². The molecule has 0 amide bonds. The van der Waals surface area contributed by atoms with Crippen molar-refractivity contribution in [3.05, 3.63) is 72.9 Å². The average molecular weight is 243 g/mol. The van der Waals surface area contributed by atoms with Gasteiger partial charge in [0, 0.05) is 12.5 Å². The Kier molecular flexibility index (Phi) is 9.61. The second kappa shape index (κ2) is 10.5. The lowest BCUT2D eigenvalue weighted by molar-refractivity contribution is 0.818. The highest BCUT2D eigenvalue weighted by Gasteiger charge is 2.11. The van der Waals surface area contributed by atoms with Crippen LogP contribution in [0, 0.1) is 0 Å². The molecule has 0 aliphatic heterocycles. The Hall–Kier alpha value is -1.60. The summed E-state index contributed by atoms with van der Waals surface area (Å²) in [5.41, 5.74) is 8.11. The molecule has 0 aliphatic carbocycles. The first kappa shape index (κ1) is 16.4. The van der Waals surface area contributed by atoms with E-state index < -0.39 is 0 Å². The van der Waals surface area contributed by atoms with Crippen LogP contribution >= 0.6 is 0 Å². The van der Waals surface area contributed by atoms with E-state index in [2.05, 4.69) is 39.1 Å². The first-order valence-electron chi connectivity index (χ1n) is 6.45. The summed E-state index contributed by atoms with van der Waals surface area (Å²) in [6.45, 7) is 12.3. The number of rotatable bonds is 5. The predicted octanol–water partition coefficient (Wildman–Crippen LogP) is 4.44. The summed E-state index contributed by atoms with van der Waals surface area (Å²) in [5, 5.41) is 0. The van der Waals surface area contributed by atoms with Crippen LogP contribution in [0.25, 0.3) is 0 Å². The highest BCUT2D eigenvalue weighted by atomic mass is 14.5. The maximum Gasteiger partial charge on any atom is 0.0212 e. The summed E-state index contributed by atoms with van der Waals surface area (Å²) in [5.74, 6) is 0.210. The summed E-state index contributed by atoms with van der Waals surface area (Å²) < 4.78 is 0. The Labute approximate surface area is 112 Å². The molecule has 0 spiro atoms. The van der Waals surface area contributed by atoms with Gasteiger partial charge >= 0.3 is 0 Å². The lowest BCUT2D eigenvalue weighted by Gasteiger charge is -2.16. The number of allylic oxidation sites excluding steroid dienone is 3. The van der Waals surface area contributed by atoms with Crippen molar-refractivity contribution >= 4 is 0 Å². The molecular weight excluding hydrogens is 218 g/mol. The van der Waals surface area contributed by atoms with Crippen LogP contribution < -0.4 is 5.73 Å². The molecular formula is C17H25N. The number of hydrogen-bond donors (Lipinski definition) is 1. The molecule has 2 N–H and O–H groups in total. The van der Waals surface area contributed by atoms with Gasteiger partial charge < -0.3 is 5.73 Å². The van der Waals surface area contributed by atoms with Crippen molar-refractivity contribution in [1.82, 2.24) is 0 Å². The molecule has 0 saturated heterocycles. The van der Waals surface area contributed by atoms with Gasteiger partial charge in [-0.2, -0.15) is 0 Å². The second-order valence-corrected chi connectivity index (χ2v) is 4.01. The van der Waals surface area contributed by atoms with Gasteiger partial charge in [-0.05, 0) is 11.1 Å². The monoisotopic (exact) mass is 243 g/mol. The fraction of sp³-hybridized carbons (Fsp3) is 0.294. The fourth-order valence-corrected chi connectivity index (χ4v) is 1.61. The minimum absolute atomic E-state index is 0.210. The quantitative estimate of drug-likeness (QED) is 0.760. The van der Waals surface area contributed by atoms with Crippen LogP contribution in [0.4, 0.5) is 0 Å². The predicted molar refractivity (Wildman–Crippen MR) is 82.7 cm³/mol. The molecule has 0 aromatic heterocycles. The summed E-state index contributed by atoms with van der Waals surface area (Å²) >= 11 is 0. The van der Waals surface area contributed by atoms with Crippen molar-refractivity contribution in [1.29, 1.82) is 0 Å². The lowest BCUT2D eigenvalue weighted by atomic mass is 9.91. The van der Waals surface area contributed by atoms with Crippen LogP contribution in [0.2, 0.25) is 0 Å². The first-order chi connectivity index (χ1) is 8.74. The molecule has 0 heterocycles. The zero-order chi connectivity index (χ0) is 13.8. The third-order valence-electron chi connectivity index (χ3n) is 2.39. The van der Waals surface area contributed by atoms with Crippen LogP contribution in [0.3, 0.4) is 0 Å². The van der Waals surface area contributed by atoms with E-state index in [0.29, 0.717) is 6.54 Å². The Bertz CT molecular complexity index is 362. The molecule has 1 unspecified atom stereocenters. The van der Waals surface area contributed by atoms with Gasteiger partial charge in [-0.1, -0.05) is 82.0 Å². The van der Waals surface area contributed by atoms with Gasteiger partial charge in [0.15, 0.2) is 0 Å². The third-order valence-corrected chi connectivity index (χ3v) is 2.39. The molecule has 1 aromatic rings. The van der Waals surface area contributed by atoms with E-state index in [-0.39, 0.29) is 5.92 Å². The van der Waals surface area contributed by atoms with E-state index in [1.807, 2.05) is 30.4 Å². The summed E-state index contributed by atoms with van der Waals surface area (Å²) in [4.78, 5) is 0. The van der Waals surface area contributed by atoms with Crippen LogP contribution in [0.5, 0.6) is 0 Å². The fourth-order valence-electron chi connectivity index (χ4n) is 1.61. The van der Waals surface area contributed by atoms with E-state index in [1.54, 1.807) is 6.08 Å². The van der Waals surface area contributed by atoms with Gasteiger partial charge in [0.2, 0.25) is 0 Å². The van der Waals surface area contributed by atoms with E-state index in [4.69, 9.17) is 5.73 Å². The Morgan fingerprint density at radius 3 is 2.17 bits per heavy atom. The Morgan fingerprint density at radius 2 is 1.78 bits per heavy atom. The Balaban J connectivity index is 0.000000873. The molecule has 0 saturated carbocycles. The van der Waals surface area contributed by atoms with E-state index >= 15 is 0 Å². The lowest BCUT2D eigenvalue weighted by Crippen LogP contribution is -2.13. The van der Waals surface area contributed by atoms with Gasteiger partial charge in [-0.25, -0.2) is 0 Å². The van der Waals surface area contributed by atoms with Crippen molar-refractivity contribution in [3.63, 3.8) is 0 Å². The SMILES string of the molecule is C=C/C=C(\C=C)C(CN)c1ccccc1.CCC. The van der Waals surface area contributed by atoms with Crippen LogP contribution in [0.15, 0.2) is 67.3 Å². The average Bonchev–Trinajstić information content (AvgIpc) is 2.40. The summed E-state index contributed by atoms with van der Waals surface area (Å²) in [7, 11) is 0. The van der Waals surface area contributed by atoms with Crippen LogP contribution in [0.1, 0.15) is 31.7 Å². The molecule has 1 aromatic carbocycles. The Morgan fingerprint density at radius 1 is 1.22 bits per heavy atom. The normalized spacial score (nSPS) is 12.1. The summed E-state index contributed by atoms with van der Waals surface area (Å²) in [6, 6.07) is 10.2. The van der Waals surface area contributed by atoms with Crippen LogP contribution in [-0.4, -0.2) is 6.54 Å². The van der Waals surface area contributed by atoms with Crippen molar-refractivity contribution in [2.75, 3.05) is 6.54 Å². The van der Waals surface area contributed by atoms with Gasteiger partial charge in [-0.15, -0.1) is 0 Å². The topological polar surface area (TPSA) is 26.0 Å². The zero-order valence-corrected chi connectivity index (χ0v) is 11.6. The van der Waals surface area contributed by atoms with E-state index in [0.717, 1.165) is 5.57 Å². The van der Waals surface area contributed by atoms with Crippen molar-refractivity contribution < 1.29 is 0 Å². The maximum absolute atomic E-state index is 5.79. The molecule has 1 nitrogen and oxygen atoms in total. The van der Waals surface area contributed by atoms with Gasteiger partial charge in [-0.3, -0.25) is 0 Å². The smallest absolute Gasteiger partial charge is 0.0212 e. The molecule has 18 heavy (non-hydrogen) atoms. The molecule has 98 valence electrons. The summed E-state index contributed by atoms with van der Waals surface area (Å²) in [6.07, 6.45) is 6.81. The number of hydrogen-bond acceptors (Lipinski definition) is 1. The third kappa shape index (κ3) is 5.65. The largest absolute Gasteiger partial charge is 0.330 e. The van der Waals surface area contributed by atoms with Gasteiger partial charge in [0.05, 0.1) is 0 Å².